The van der Waals surface area contributed by atoms with Gasteiger partial charge >= 0.3 is 6.33 Å². The lowest BCUT2D eigenvalue weighted by Crippen LogP contribution is -2.64. The summed E-state index contributed by atoms with van der Waals surface area (Å²) in [4.78, 5) is 18.6. The molecule has 3 aliphatic rings. The topological polar surface area (TPSA) is 106 Å². The lowest BCUT2D eigenvalue weighted by atomic mass is 9.79. The summed E-state index contributed by atoms with van der Waals surface area (Å²) in [5.41, 5.74) is 0.180. The van der Waals surface area contributed by atoms with E-state index in [4.69, 9.17) is 0 Å². The highest BCUT2D eigenvalue weighted by atomic mass is 32.2. The SMILES string of the molecule is CC(O)[C@H]1C(=O)N2C(C([O-])O)=C(SC3Cn4cnc[n+]4C3)[C@H](C)[C@H]12. The Morgan fingerprint density at radius 1 is 1.50 bits per heavy atom. The van der Waals surface area contributed by atoms with Crippen molar-refractivity contribution in [2.24, 2.45) is 11.8 Å². The van der Waals surface area contributed by atoms with E-state index in [1.54, 1.807) is 31.3 Å². The molecule has 24 heavy (non-hydrogen) atoms. The van der Waals surface area contributed by atoms with Gasteiger partial charge in [-0.2, -0.15) is 9.36 Å². The van der Waals surface area contributed by atoms with Gasteiger partial charge in [0.1, 0.15) is 6.54 Å². The fraction of sp³-hybridized carbons (Fsp3) is 0.667. The molecule has 1 amide bonds. The number of aliphatic hydroxyl groups excluding tert-OH is 2. The Morgan fingerprint density at radius 3 is 2.88 bits per heavy atom. The number of amides is 1. The average Bonchev–Trinajstić information content (AvgIpc) is 3.12. The molecule has 2 unspecified atom stereocenters. The molecule has 4 rings (SSSR count). The lowest BCUT2D eigenvalue weighted by molar-refractivity contribution is -0.758. The highest BCUT2D eigenvalue weighted by Crippen LogP contribution is 2.51. The van der Waals surface area contributed by atoms with E-state index in [0.29, 0.717) is 0 Å². The summed E-state index contributed by atoms with van der Waals surface area (Å²) < 4.78 is 4.01. The Labute approximate surface area is 143 Å². The minimum Gasteiger partial charge on any atom is -0.827 e. The van der Waals surface area contributed by atoms with Crippen molar-refractivity contribution in [3.63, 3.8) is 0 Å². The van der Waals surface area contributed by atoms with Crippen molar-refractivity contribution in [1.82, 2.24) is 14.6 Å². The normalized spacial score (nSPS) is 34.2. The van der Waals surface area contributed by atoms with E-state index < -0.39 is 18.3 Å². The number of hydrogen-bond acceptors (Lipinski definition) is 6. The van der Waals surface area contributed by atoms with Gasteiger partial charge in [0.25, 0.3) is 0 Å². The van der Waals surface area contributed by atoms with E-state index in [0.717, 1.165) is 18.0 Å². The number of hydrogen-bond donors (Lipinski definition) is 2. The van der Waals surface area contributed by atoms with Gasteiger partial charge in [-0.1, -0.05) is 6.92 Å². The van der Waals surface area contributed by atoms with E-state index >= 15 is 0 Å². The molecule has 0 radical (unpaired) electrons. The lowest BCUT2D eigenvalue weighted by Gasteiger charge is -2.48. The molecule has 0 aromatic carbocycles. The molecule has 0 aliphatic carbocycles. The van der Waals surface area contributed by atoms with Crippen LogP contribution in [-0.4, -0.2) is 54.4 Å². The number of carbonyl (C=O) groups is 1. The van der Waals surface area contributed by atoms with Gasteiger partial charge in [0.15, 0.2) is 0 Å². The van der Waals surface area contributed by atoms with Crippen molar-refractivity contribution < 1.29 is 24.8 Å². The Kier molecular flexibility index (Phi) is 3.72. The minimum atomic E-state index is -1.94. The van der Waals surface area contributed by atoms with Gasteiger partial charge in [-0.15, -0.1) is 11.8 Å². The van der Waals surface area contributed by atoms with Crippen LogP contribution in [0.5, 0.6) is 0 Å². The largest absolute Gasteiger partial charge is 0.827 e. The predicted molar refractivity (Wildman–Crippen MR) is 81.8 cm³/mol. The van der Waals surface area contributed by atoms with Gasteiger partial charge in [0.05, 0.1) is 29.9 Å². The predicted octanol–water partition coefficient (Wildman–Crippen LogP) is -1.97. The zero-order chi connectivity index (χ0) is 17.2. The Morgan fingerprint density at radius 2 is 2.25 bits per heavy atom. The van der Waals surface area contributed by atoms with Crippen LogP contribution >= 0.6 is 11.8 Å². The maximum atomic E-state index is 12.3. The molecule has 1 aromatic rings. The van der Waals surface area contributed by atoms with Crippen molar-refractivity contribution in [2.45, 2.75) is 50.6 Å². The third kappa shape index (κ3) is 2.15. The number of aliphatic hydroxyl groups is 2. The average molecular weight is 352 g/mol. The molecule has 4 heterocycles. The summed E-state index contributed by atoms with van der Waals surface area (Å²) in [5, 5.41) is 31.6. The molecule has 2 N–H and O–H groups in total. The first-order valence-corrected chi connectivity index (χ1v) is 8.93. The molecule has 8 nitrogen and oxygen atoms in total. The van der Waals surface area contributed by atoms with Crippen molar-refractivity contribution in [1.29, 1.82) is 0 Å². The quantitative estimate of drug-likeness (QED) is 0.370. The van der Waals surface area contributed by atoms with Crippen LogP contribution in [0.3, 0.4) is 0 Å². The molecule has 3 aliphatic heterocycles. The molecule has 0 spiro atoms. The molecular formula is C15H20N4O4S. The molecule has 1 aromatic heterocycles. The standard InChI is InChI=1S/C15H20N4O4S/c1-7-11-10(8(2)20)14(21)19(11)12(15(22)23)13(7)24-9-3-17-5-16-6-18(17)4-9/h5-11,15,20,22H,3-4H2,1-2H3/t7-,8?,10-,11-,15?/m1/s1. The molecular weight excluding hydrogens is 332 g/mol. The highest BCUT2D eigenvalue weighted by molar-refractivity contribution is 8.03. The maximum Gasteiger partial charge on any atom is 0.306 e. The van der Waals surface area contributed by atoms with Gasteiger partial charge in [-0.05, 0) is 11.9 Å². The van der Waals surface area contributed by atoms with Crippen LogP contribution in [0.25, 0.3) is 0 Å². The second-order valence-corrected chi connectivity index (χ2v) is 8.06. The van der Waals surface area contributed by atoms with E-state index in [2.05, 4.69) is 4.98 Å². The van der Waals surface area contributed by atoms with Crippen LogP contribution in [0.15, 0.2) is 23.3 Å². The molecule has 1 fully saturated rings. The van der Waals surface area contributed by atoms with E-state index in [1.165, 1.54) is 4.90 Å². The summed E-state index contributed by atoms with van der Waals surface area (Å²) >= 11 is 1.56. The van der Waals surface area contributed by atoms with Crippen molar-refractivity contribution in [3.05, 3.63) is 23.3 Å². The molecule has 9 heteroatoms. The van der Waals surface area contributed by atoms with Gasteiger partial charge in [-0.25, -0.2) is 0 Å². The second kappa shape index (κ2) is 5.55. The van der Waals surface area contributed by atoms with E-state index in [9.17, 15) is 20.1 Å². The summed E-state index contributed by atoms with van der Waals surface area (Å²) in [5.74, 6) is -0.824. The number of thioether (sulfide) groups is 1. The van der Waals surface area contributed by atoms with Crippen molar-refractivity contribution in [2.75, 3.05) is 0 Å². The van der Waals surface area contributed by atoms with Gasteiger partial charge in [0.2, 0.25) is 12.2 Å². The third-order valence-electron chi connectivity index (χ3n) is 5.19. The number of fused-ring (bicyclic) bond motifs is 2. The Bertz CT molecular complexity index is 696. The minimum absolute atomic E-state index is 0.0611. The van der Waals surface area contributed by atoms with E-state index in [-0.39, 0.29) is 28.8 Å². The first-order chi connectivity index (χ1) is 11.4. The summed E-state index contributed by atoms with van der Waals surface area (Å²) in [6, 6.07) is -0.228. The number of rotatable bonds is 4. The third-order valence-corrected chi connectivity index (χ3v) is 6.65. The van der Waals surface area contributed by atoms with Gasteiger partial charge in [0, 0.05) is 22.8 Å². The summed E-state index contributed by atoms with van der Waals surface area (Å²) in [7, 11) is 0. The smallest absolute Gasteiger partial charge is 0.306 e. The fourth-order valence-corrected chi connectivity index (χ4v) is 5.59. The summed E-state index contributed by atoms with van der Waals surface area (Å²) in [6.07, 6.45) is 0.825. The van der Waals surface area contributed by atoms with Crippen LogP contribution in [0.4, 0.5) is 0 Å². The van der Waals surface area contributed by atoms with Crippen LogP contribution in [0.1, 0.15) is 13.8 Å². The van der Waals surface area contributed by atoms with Crippen LogP contribution in [-0.2, 0) is 17.9 Å². The van der Waals surface area contributed by atoms with E-state index in [1.807, 2.05) is 16.3 Å². The van der Waals surface area contributed by atoms with Crippen LogP contribution < -0.4 is 9.79 Å². The number of nitrogens with zero attached hydrogens (tertiary/aromatic N) is 4. The van der Waals surface area contributed by atoms with Gasteiger partial charge in [-0.3, -0.25) is 4.79 Å². The second-order valence-electron chi connectivity index (χ2n) is 6.72. The zero-order valence-electron chi connectivity index (χ0n) is 13.4. The Hall–Kier alpha value is -1.42. The fourth-order valence-electron chi connectivity index (χ4n) is 4.10. The zero-order valence-corrected chi connectivity index (χ0v) is 14.3. The van der Waals surface area contributed by atoms with Crippen molar-refractivity contribution >= 4 is 17.7 Å². The molecule has 1 saturated heterocycles. The molecule has 5 atom stereocenters. The maximum absolute atomic E-state index is 12.3. The molecule has 130 valence electrons. The molecule has 0 bridgehead atoms. The first kappa shape index (κ1) is 16.1. The monoisotopic (exact) mass is 352 g/mol. The van der Waals surface area contributed by atoms with Crippen molar-refractivity contribution in [3.8, 4) is 0 Å². The number of aromatic nitrogens is 3. The highest BCUT2D eigenvalue weighted by Gasteiger charge is 2.58. The first-order valence-electron chi connectivity index (χ1n) is 8.05. The molecule has 0 saturated carbocycles. The number of β-lactam (4-membered cyclic amide) rings is 1. The Balaban J connectivity index is 1.59. The van der Waals surface area contributed by atoms with Gasteiger partial charge < -0.3 is 20.2 Å². The number of carbonyl (C=O) groups excluding carboxylic acids is 1. The summed E-state index contributed by atoms with van der Waals surface area (Å²) in [6.45, 7) is 5.09. The van der Waals surface area contributed by atoms with Crippen LogP contribution in [0, 0.1) is 11.8 Å². The van der Waals surface area contributed by atoms with Crippen LogP contribution in [0.2, 0.25) is 0 Å².